The lowest BCUT2D eigenvalue weighted by Gasteiger charge is -2.21. The number of nitrogens with zero attached hydrogens (tertiary/aromatic N) is 4. The molecule has 4 aromatic rings. The molecule has 1 aliphatic carbocycles. The monoisotopic (exact) mass is 381 g/mol. The van der Waals surface area contributed by atoms with E-state index >= 15 is 0 Å². The molecular formula is C24H23N5. The molecule has 2 heterocycles. The minimum atomic E-state index is 0.259. The van der Waals surface area contributed by atoms with Crippen molar-refractivity contribution in [3.05, 3.63) is 78.3 Å². The fraction of sp³-hybridized carbons (Fsp3) is 0.208. The van der Waals surface area contributed by atoms with Gasteiger partial charge in [-0.25, -0.2) is 15.0 Å². The van der Waals surface area contributed by atoms with Crippen LogP contribution in [0.1, 0.15) is 18.0 Å². The largest absolute Gasteiger partial charge is 0.355 e. The Hall–Kier alpha value is -3.31. The number of hydrogen-bond donors (Lipinski definition) is 1. The van der Waals surface area contributed by atoms with E-state index in [0.717, 1.165) is 52.0 Å². The van der Waals surface area contributed by atoms with Gasteiger partial charge in [0, 0.05) is 23.7 Å². The Morgan fingerprint density at radius 3 is 2.55 bits per heavy atom. The van der Waals surface area contributed by atoms with Crippen LogP contribution in [-0.4, -0.2) is 45.5 Å². The number of imidazole rings is 1. The lowest BCUT2D eigenvalue weighted by Crippen LogP contribution is -2.16. The van der Waals surface area contributed by atoms with Gasteiger partial charge in [-0.05, 0) is 38.2 Å². The SMILES string of the molecule is CN(C)CC1=CCC(c2[nH]c3cc4ncnc4cc3nc2-c2ccccc2)C=C1. The number of H-pyrrole nitrogens is 1. The van der Waals surface area contributed by atoms with Crippen molar-refractivity contribution >= 4 is 22.1 Å². The molecule has 5 nitrogen and oxygen atoms in total. The minimum Gasteiger partial charge on any atom is -0.355 e. The molecule has 0 aliphatic heterocycles. The van der Waals surface area contributed by atoms with Crippen molar-refractivity contribution in [1.29, 1.82) is 0 Å². The quantitative estimate of drug-likeness (QED) is 0.556. The standard InChI is InChI=1S/C24H23N5/c1-29(2)14-16-8-10-18(11-9-16)24-23(17-6-4-3-5-7-17)27-21-12-19-20(26-15-25-19)13-22(21)28-24/h3-10,12-13,15,18,28H,11,14H2,1-2H3. The Kier molecular flexibility index (Phi) is 4.45. The second-order valence-corrected chi connectivity index (χ2v) is 7.81. The average molecular weight is 381 g/mol. The van der Waals surface area contributed by atoms with Gasteiger partial charge in [-0.15, -0.1) is 0 Å². The second kappa shape index (κ2) is 7.26. The van der Waals surface area contributed by atoms with Crippen molar-refractivity contribution in [2.45, 2.75) is 12.3 Å². The van der Waals surface area contributed by atoms with Gasteiger partial charge in [-0.1, -0.05) is 48.6 Å². The summed E-state index contributed by atoms with van der Waals surface area (Å²) in [5.74, 6) is 0.259. The molecule has 0 radical (unpaired) electrons. The van der Waals surface area contributed by atoms with Gasteiger partial charge in [0.2, 0.25) is 0 Å². The van der Waals surface area contributed by atoms with Crippen LogP contribution >= 0.6 is 0 Å². The molecule has 1 atom stereocenters. The van der Waals surface area contributed by atoms with Crippen molar-refractivity contribution < 1.29 is 0 Å². The van der Waals surface area contributed by atoms with Crippen LogP contribution in [0.15, 0.2) is 72.6 Å². The lowest BCUT2D eigenvalue weighted by molar-refractivity contribution is 0.447. The highest BCUT2D eigenvalue weighted by Gasteiger charge is 2.19. The first-order chi connectivity index (χ1) is 14.2. The highest BCUT2D eigenvalue weighted by molar-refractivity contribution is 5.92. The molecule has 1 N–H and O–H groups in total. The van der Waals surface area contributed by atoms with Gasteiger partial charge >= 0.3 is 0 Å². The minimum absolute atomic E-state index is 0.259. The smallest absolute Gasteiger partial charge is 0.116 e. The van der Waals surface area contributed by atoms with Crippen molar-refractivity contribution in [2.75, 3.05) is 20.6 Å². The fourth-order valence-corrected chi connectivity index (χ4v) is 3.95. The molecule has 0 spiro atoms. The number of rotatable bonds is 4. The molecule has 1 unspecified atom stereocenters. The summed E-state index contributed by atoms with van der Waals surface area (Å²) >= 11 is 0. The molecule has 0 fully saturated rings. The Labute approximate surface area is 169 Å². The molecule has 5 rings (SSSR count). The summed E-state index contributed by atoms with van der Waals surface area (Å²) in [5.41, 5.74) is 8.27. The average Bonchev–Trinajstić information content (AvgIpc) is 3.19. The van der Waals surface area contributed by atoms with Crippen LogP contribution in [0.3, 0.4) is 0 Å². The highest BCUT2D eigenvalue weighted by Crippen LogP contribution is 2.34. The first-order valence-corrected chi connectivity index (χ1v) is 9.89. The Bertz CT molecular complexity index is 1230. The van der Waals surface area contributed by atoms with Crippen LogP contribution in [0.2, 0.25) is 0 Å². The maximum absolute atomic E-state index is 5.06. The van der Waals surface area contributed by atoms with E-state index in [-0.39, 0.29) is 5.92 Å². The van der Waals surface area contributed by atoms with Gasteiger partial charge in [0.1, 0.15) is 6.33 Å². The number of benzene rings is 2. The number of aromatic amines is 1. The number of fused-ring (bicyclic) bond motifs is 2. The molecule has 0 saturated heterocycles. The predicted octanol–water partition coefficient (Wildman–Crippen LogP) is 4.70. The van der Waals surface area contributed by atoms with Crippen LogP contribution in [0.4, 0.5) is 0 Å². The topological polar surface area (TPSA) is 57.7 Å². The summed E-state index contributed by atoms with van der Waals surface area (Å²) in [6.07, 6.45) is 9.44. The number of allylic oxidation sites excluding steroid dienone is 2. The third-order valence-corrected chi connectivity index (χ3v) is 5.34. The van der Waals surface area contributed by atoms with E-state index in [2.05, 4.69) is 76.4 Å². The molecule has 2 aromatic carbocycles. The van der Waals surface area contributed by atoms with E-state index in [4.69, 9.17) is 4.98 Å². The van der Waals surface area contributed by atoms with Crippen LogP contribution in [-0.2, 0) is 0 Å². The molecular weight excluding hydrogens is 358 g/mol. The molecule has 5 heteroatoms. The van der Waals surface area contributed by atoms with Gasteiger partial charge in [-0.2, -0.15) is 0 Å². The maximum Gasteiger partial charge on any atom is 0.116 e. The van der Waals surface area contributed by atoms with E-state index in [0.29, 0.717) is 0 Å². The molecule has 144 valence electrons. The molecule has 0 bridgehead atoms. The van der Waals surface area contributed by atoms with Gasteiger partial charge in [0.05, 0.1) is 27.8 Å². The van der Waals surface area contributed by atoms with E-state index in [1.165, 1.54) is 5.57 Å². The second-order valence-electron chi connectivity index (χ2n) is 7.81. The number of nitrogens with one attached hydrogen (secondary N) is 1. The van der Waals surface area contributed by atoms with E-state index in [1.807, 2.05) is 18.2 Å². The summed E-state index contributed by atoms with van der Waals surface area (Å²) in [6.45, 7) is 0.960. The third-order valence-electron chi connectivity index (χ3n) is 5.34. The third kappa shape index (κ3) is 3.45. The Morgan fingerprint density at radius 1 is 1.03 bits per heavy atom. The predicted molar refractivity (Wildman–Crippen MR) is 118 cm³/mol. The van der Waals surface area contributed by atoms with Crippen molar-refractivity contribution in [3.63, 3.8) is 0 Å². The van der Waals surface area contributed by atoms with Crippen LogP contribution < -0.4 is 0 Å². The van der Waals surface area contributed by atoms with Crippen molar-refractivity contribution in [3.8, 4) is 11.3 Å². The van der Waals surface area contributed by atoms with E-state index < -0.39 is 0 Å². The maximum atomic E-state index is 5.06. The van der Waals surface area contributed by atoms with Crippen molar-refractivity contribution in [1.82, 2.24) is 24.8 Å². The van der Waals surface area contributed by atoms with E-state index in [9.17, 15) is 0 Å². The van der Waals surface area contributed by atoms with Crippen LogP contribution in [0.25, 0.3) is 33.3 Å². The van der Waals surface area contributed by atoms with Gasteiger partial charge in [-0.3, -0.25) is 0 Å². The first kappa shape index (κ1) is 17.8. The van der Waals surface area contributed by atoms with Gasteiger partial charge in [0.25, 0.3) is 0 Å². The number of aromatic nitrogens is 4. The zero-order valence-electron chi connectivity index (χ0n) is 16.6. The molecule has 0 saturated carbocycles. The summed E-state index contributed by atoms with van der Waals surface area (Å²) in [4.78, 5) is 19.6. The van der Waals surface area contributed by atoms with Crippen molar-refractivity contribution in [2.24, 2.45) is 0 Å². The summed E-state index contributed by atoms with van der Waals surface area (Å²) in [6, 6.07) is 14.4. The molecule has 1 aliphatic rings. The lowest BCUT2D eigenvalue weighted by atomic mass is 9.90. The van der Waals surface area contributed by atoms with Gasteiger partial charge in [0.15, 0.2) is 0 Å². The van der Waals surface area contributed by atoms with E-state index in [1.54, 1.807) is 6.33 Å². The van der Waals surface area contributed by atoms with Gasteiger partial charge < -0.3 is 9.88 Å². The Morgan fingerprint density at radius 2 is 1.83 bits per heavy atom. The number of likely N-dealkylation sites (N-methyl/N-ethyl adjacent to an activating group) is 1. The summed E-state index contributed by atoms with van der Waals surface area (Å²) in [7, 11) is 4.20. The van der Waals surface area contributed by atoms with Crippen LogP contribution in [0, 0.1) is 0 Å². The normalized spacial score (nSPS) is 16.7. The highest BCUT2D eigenvalue weighted by atomic mass is 15.0. The van der Waals surface area contributed by atoms with Crippen LogP contribution in [0.5, 0.6) is 0 Å². The number of hydrogen-bond acceptors (Lipinski definition) is 4. The molecule has 29 heavy (non-hydrogen) atoms. The molecule has 0 amide bonds. The summed E-state index contributed by atoms with van der Waals surface area (Å²) < 4.78 is 0. The zero-order chi connectivity index (χ0) is 19.8. The molecule has 2 aromatic heterocycles. The Balaban J connectivity index is 1.63. The first-order valence-electron chi connectivity index (χ1n) is 9.89. The summed E-state index contributed by atoms with van der Waals surface area (Å²) in [5, 5.41) is 0. The fourth-order valence-electron chi connectivity index (χ4n) is 3.95. The zero-order valence-corrected chi connectivity index (χ0v) is 16.6.